The van der Waals surface area contributed by atoms with Gasteiger partial charge >= 0.3 is 0 Å². The highest BCUT2D eigenvalue weighted by molar-refractivity contribution is 6.34. The lowest BCUT2D eigenvalue weighted by Crippen LogP contribution is -2.15. The summed E-state index contributed by atoms with van der Waals surface area (Å²) in [7, 11) is 0. The second-order valence-electron chi connectivity index (χ2n) is 4.11. The van der Waals surface area contributed by atoms with Crippen molar-refractivity contribution in [1.29, 1.82) is 0 Å². The van der Waals surface area contributed by atoms with Crippen molar-refractivity contribution in [3.05, 3.63) is 58.4 Å². The lowest BCUT2D eigenvalue weighted by Gasteiger charge is -2.10. The summed E-state index contributed by atoms with van der Waals surface area (Å²) in [6.07, 6.45) is 0. The third-order valence-electron chi connectivity index (χ3n) is 2.73. The minimum atomic E-state index is -0.380. The van der Waals surface area contributed by atoms with E-state index in [0.717, 1.165) is 0 Å². The maximum absolute atomic E-state index is 13.0. The Kier molecular flexibility index (Phi) is 3.71. The minimum Gasteiger partial charge on any atom is -0.397 e. The average molecular weight is 279 g/mol. The number of aryl methyl sites for hydroxylation is 1. The molecule has 0 fully saturated rings. The molecule has 0 saturated carbocycles. The predicted molar refractivity (Wildman–Crippen MR) is 75.0 cm³/mol. The number of hydrogen-bond donors (Lipinski definition) is 2. The van der Waals surface area contributed by atoms with Crippen molar-refractivity contribution in [3.63, 3.8) is 0 Å². The van der Waals surface area contributed by atoms with E-state index in [4.69, 9.17) is 17.3 Å². The second kappa shape index (κ2) is 5.28. The molecule has 5 heteroatoms. The van der Waals surface area contributed by atoms with Gasteiger partial charge in [0, 0.05) is 5.69 Å². The Labute approximate surface area is 115 Å². The van der Waals surface area contributed by atoms with Gasteiger partial charge in [-0.1, -0.05) is 17.7 Å². The first-order chi connectivity index (χ1) is 8.99. The van der Waals surface area contributed by atoms with E-state index in [1.165, 1.54) is 18.2 Å². The number of nitrogens with one attached hydrogen (secondary N) is 1. The summed E-state index contributed by atoms with van der Waals surface area (Å²) in [5.41, 5.74) is 7.42. The molecule has 2 aromatic carbocycles. The zero-order valence-electron chi connectivity index (χ0n) is 10.2. The van der Waals surface area contributed by atoms with Crippen LogP contribution in [0.2, 0.25) is 5.02 Å². The lowest BCUT2D eigenvalue weighted by molar-refractivity contribution is 0.102. The first kappa shape index (κ1) is 13.4. The van der Waals surface area contributed by atoms with Gasteiger partial charge in [-0.3, -0.25) is 4.79 Å². The number of benzene rings is 2. The Morgan fingerprint density at radius 1 is 1.32 bits per heavy atom. The molecule has 0 unspecified atom stereocenters. The standard InChI is InChI=1S/C14H12ClFN2O/c1-8-7-9(16)5-6-12(8)18-14(19)10-3-2-4-11(15)13(10)17/h2-7H,17H2,1H3,(H,18,19). The minimum absolute atomic E-state index is 0.224. The van der Waals surface area contributed by atoms with Gasteiger partial charge in [0.15, 0.2) is 0 Å². The highest BCUT2D eigenvalue weighted by Gasteiger charge is 2.12. The van der Waals surface area contributed by atoms with Crippen LogP contribution in [0.4, 0.5) is 15.8 Å². The van der Waals surface area contributed by atoms with E-state index in [2.05, 4.69) is 5.32 Å². The average Bonchev–Trinajstić information content (AvgIpc) is 2.36. The summed E-state index contributed by atoms with van der Waals surface area (Å²) in [4.78, 5) is 12.1. The number of anilines is 2. The van der Waals surface area contributed by atoms with Gasteiger partial charge < -0.3 is 11.1 Å². The van der Waals surface area contributed by atoms with Gasteiger partial charge in [0.2, 0.25) is 0 Å². The summed E-state index contributed by atoms with van der Waals surface area (Å²) in [6.45, 7) is 1.71. The molecule has 0 aliphatic heterocycles. The van der Waals surface area contributed by atoms with Gasteiger partial charge in [-0.05, 0) is 42.8 Å². The van der Waals surface area contributed by atoms with Gasteiger partial charge in [-0.25, -0.2) is 4.39 Å². The molecule has 0 spiro atoms. The van der Waals surface area contributed by atoms with E-state index < -0.39 is 0 Å². The zero-order valence-corrected chi connectivity index (χ0v) is 11.0. The topological polar surface area (TPSA) is 55.1 Å². The van der Waals surface area contributed by atoms with Gasteiger partial charge in [0.25, 0.3) is 5.91 Å². The normalized spacial score (nSPS) is 10.3. The summed E-state index contributed by atoms with van der Waals surface area (Å²) in [6, 6.07) is 8.96. The molecule has 0 heterocycles. The van der Waals surface area contributed by atoms with E-state index in [1.54, 1.807) is 25.1 Å². The first-order valence-corrected chi connectivity index (χ1v) is 5.98. The molecule has 0 aromatic heterocycles. The van der Waals surface area contributed by atoms with Crippen LogP contribution < -0.4 is 11.1 Å². The number of nitrogen functional groups attached to an aromatic ring is 1. The molecule has 98 valence electrons. The van der Waals surface area contributed by atoms with Crippen LogP contribution in [0.3, 0.4) is 0 Å². The Hall–Kier alpha value is -2.07. The molecular formula is C14H12ClFN2O. The summed E-state index contributed by atoms with van der Waals surface area (Å²) in [5, 5.41) is 3.00. The van der Waals surface area contributed by atoms with E-state index in [9.17, 15) is 9.18 Å². The molecule has 0 radical (unpaired) electrons. The summed E-state index contributed by atoms with van der Waals surface area (Å²) >= 11 is 5.86. The van der Waals surface area contributed by atoms with Crippen molar-refractivity contribution in [2.24, 2.45) is 0 Å². The third-order valence-corrected chi connectivity index (χ3v) is 3.06. The number of carbonyl (C=O) groups excluding carboxylic acids is 1. The van der Waals surface area contributed by atoms with E-state index >= 15 is 0 Å². The van der Waals surface area contributed by atoms with Crippen molar-refractivity contribution < 1.29 is 9.18 Å². The highest BCUT2D eigenvalue weighted by atomic mass is 35.5. The number of nitrogens with two attached hydrogens (primary N) is 1. The highest BCUT2D eigenvalue weighted by Crippen LogP contribution is 2.24. The molecule has 3 N–H and O–H groups in total. The van der Waals surface area contributed by atoms with Gasteiger partial charge in [-0.2, -0.15) is 0 Å². The molecular weight excluding hydrogens is 267 g/mol. The number of para-hydroxylation sites is 1. The largest absolute Gasteiger partial charge is 0.397 e. The fourth-order valence-corrected chi connectivity index (χ4v) is 1.87. The van der Waals surface area contributed by atoms with Gasteiger partial charge in [0.1, 0.15) is 5.82 Å². The zero-order chi connectivity index (χ0) is 14.0. The maximum Gasteiger partial charge on any atom is 0.257 e. The molecule has 2 aromatic rings. The number of carbonyl (C=O) groups is 1. The van der Waals surface area contributed by atoms with Crippen LogP contribution in [-0.2, 0) is 0 Å². The summed E-state index contributed by atoms with van der Waals surface area (Å²) < 4.78 is 13.0. The van der Waals surface area contributed by atoms with E-state index in [-0.39, 0.29) is 23.0 Å². The molecule has 0 saturated heterocycles. The van der Waals surface area contributed by atoms with Crippen LogP contribution in [0.15, 0.2) is 36.4 Å². The van der Waals surface area contributed by atoms with Crippen LogP contribution in [0.25, 0.3) is 0 Å². The molecule has 19 heavy (non-hydrogen) atoms. The Bertz CT molecular complexity index is 643. The van der Waals surface area contributed by atoms with Crippen LogP contribution in [0.5, 0.6) is 0 Å². The number of rotatable bonds is 2. The van der Waals surface area contributed by atoms with Crippen LogP contribution in [0.1, 0.15) is 15.9 Å². The van der Waals surface area contributed by atoms with E-state index in [0.29, 0.717) is 16.3 Å². The molecule has 1 amide bonds. The van der Waals surface area contributed by atoms with Gasteiger partial charge in [-0.15, -0.1) is 0 Å². The van der Waals surface area contributed by atoms with Crippen molar-refractivity contribution in [2.45, 2.75) is 6.92 Å². The fourth-order valence-electron chi connectivity index (χ4n) is 1.69. The Morgan fingerprint density at radius 2 is 2.05 bits per heavy atom. The van der Waals surface area contributed by atoms with Crippen LogP contribution >= 0.6 is 11.6 Å². The second-order valence-corrected chi connectivity index (χ2v) is 4.52. The molecule has 3 nitrogen and oxygen atoms in total. The Balaban J connectivity index is 2.28. The smallest absolute Gasteiger partial charge is 0.257 e. The van der Waals surface area contributed by atoms with Crippen LogP contribution in [0, 0.1) is 12.7 Å². The van der Waals surface area contributed by atoms with Crippen molar-refractivity contribution in [2.75, 3.05) is 11.1 Å². The number of halogens is 2. The molecule has 2 rings (SSSR count). The SMILES string of the molecule is Cc1cc(F)ccc1NC(=O)c1cccc(Cl)c1N. The quantitative estimate of drug-likeness (QED) is 0.824. The monoisotopic (exact) mass is 278 g/mol. The van der Waals surface area contributed by atoms with Crippen molar-refractivity contribution in [1.82, 2.24) is 0 Å². The van der Waals surface area contributed by atoms with Crippen molar-refractivity contribution >= 4 is 28.9 Å². The molecule has 0 aliphatic carbocycles. The number of hydrogen-bond acceptors (Lipinski definition) is 2. The molecule has 0 atom stereocenters. The molecule has 0 aliphatic rings. The third kappa shape index (κ3) is 2.85. The maximum atomic E-state index is 13.0. The number of amides is 1. The van der Waals surface area contributed by atoms with Gasteiger partial charge in [0.05, 0.1) is 16.3 Å². The molecule has 0 bridgehead atoms. The van der Waals surface area contributed by atoms with Crippen molar-refractivity contribution in [3.8, 4) is 0 Å². The summed E-state index contributed by atoms with van der Waals surface area (Å²) in [5.74, 6) is -0.729. The lowest BCUT2D eigenvalue weighted by atomic mass is 10.1. The van der Waals surface area contributed by atoms with E-state index in [1.807, 2.05) is 0 Å². The fraction of sp³-hybridized carbons (Fsp3) is 0.0714. The Morgan fingerprint density at radius 3 is 2.74 bits per heavy atom. The first-order valence-electron chi connectivity index (χ1n) is 5.60. The van der Waals surface area contributed by atoms with Crippen LogP contribution in [-0.4, -0.2) is 5.91 Å². The predicted octanol–water partition coefficient (Wildman–Crippen LogP) is 3.62.